The number of piperidine rings is 1. The third-order valence-corrected chi connectivity index (χ3v) is 6.62. The van der Waals surface area contributed by atoms with Crippen molar-refractivity contribution < 1.29 is 9.52 Å². The van der Waals surface area contributed by atoms with Crippen molar-refractivity contribution in [1.29, 1.82) is 0 Å². The highest BCUT2D eigenvalue weighted by atomic mass is 35.5. The van der Waals surface area contributed by atoms with Crippen LogP contribution in [0, 0.1) is 0 Å². The van der Waals surface area contributed by atoms with Crippen LogP contribution < -0.4 is 0 Å². The fraction of sp³-hybridized carbons (Fsp3) is 0.565. The lowest BCUT2D eigenvalue weighted by atomic mass is 9.98. The molecule has 5 nitrogen and oxygen atoms in total. The van der Waals surface area contributed by atoms with Crippen LogP contribution in [0.4, 0.5) is 0 Å². The minimum Gasteiger partial charge on any atom is -0.460 e. The highest BCUT2D eigenvalue weighted by Gasteiger charge is 2.33. The van der Waals surface area contributed by atoms with Crippen molar-refractivity contribution in [1.82, 2.24) is 14.7 Å². The zero-order valence-corrected chi connectivity index (χ0v) is 18.0. The lowest BCUT2D eigenvalue weighted by Crippen LogP contribution is -2.58. The van der Waals surface area contributed by atoms with Crippen LogP contribution in [-0.2, 0) is 6.54 Å². The summed E-state index contributed by atoms with van der Waals surface area (Å²) in [4.78, 5) is 7.55. The number of hydrogen-bond acceptors (Lipinski definition) is 5. The number of rotatable bonds is 6. The molecule has 158 valence electrons. The van der Waals surface area contributed by atoms with Crippen molar-refractivity contribution >= 4 is 11.6 Å². The van der Waals surface area contributed by atoms with E-state index in [1.54, 1.807) is 0 Å². The Bertz CT molecular complexity index is 788. The Balaban J connectivity index is 1.38. The van der Waals surface area contributed by atoms with Gasteiger partial charge in [-0.3, -0.25) is 9.80 Å². The average Bonchev–Trinajstić information content (AvgIpc) is 3.18. The highest BCUT2D eigenvalue weighted by molar-refractivity contribution is 6.30. The SMILES string of the molecule is CN1CCC(N2CCN(Cc3ccc(-c4cccc(Cl)c4)o3)C[C@H]2CCO)CC1. The number of aliphatic hydroxyl groups excluding tert-OH is 1. The molecule has 4 rings (SSSR count). The third kappa shape index (κ3) is 5.22. The maximum absolute atomic E-state index is 9.62. The van der Waals surface area contributed by atoms with Gasteiger partial charge in [-0.25, -0.2) is 0 Å². The van der Waals surface area contributed by atoms with E-state index in [0.717, 1.165) is 54.7 Å². The summed E-state index contributed by atoms with van der Waals surface area (Å²) in [5.74, 6) is 1.84. The maximum Gasteiger partial charge on any atom is 0.134 e. The summed E-state index contributed by atoms with van der Waals surface area (Å²) < 4.78 is 6.11. The summed E-state index contributed by atoms with van der Waals surface area (Å²) in [6, 6.07) is 12.9. The van der Waals surface area contributed by atoms with Gasteiger partial charge in [-0.1, -0.05) is 23.7 Å². The van der Waals surface area contributed by atoms with Crippen LogP contribution in [-0.4, -0.2) is 78.3 Å². The molecule has 0 amide bonds. The molecule has 2 aliphatic rings. The van der Waals surface area contributed by atoms with Gasteiger partial charge < -0.3 is 14.4 Å². The molecular formula is C23H32ClN3O2. The summed E-state index contributed by atoms with van der Waals surface area (Å²) >= 11 is 6.11. The molecule has 1 aromatic carbocycles. The monoisotopic (exact) mass is 417 g/mol. The molecular weight excluding hydrogens is 386 g/mol. The van der Waals surface area contributed by atoms with Gasteiger partial charge in [0, 0.05) is 48.9 Å². The van der Waals surface area contributed by atoms with Crippen LogP contribution in [0.3, 0.4) is 0 Å². The second kappa shape index (κ2) is 9.63. The van der Waals surface area contributed by atoms with Gasteiger partial charge in [-0.15, -0.1) is 0 Å². The molecule has 2 aromatic rings. The minimum absolute atomic E-state index is 0.251. The molecule has 0 saturated carbocycles. The molecule has 0 bridgehead atoms. The zero-order chi connectivity index (χ0) is 20.2. The van der Waals surface area contributed by atoms with Crippen LogP contribution in [0.1, 0.15) is 25.0 Å². The first-order valence-corrected chi connectivity index (χ1v) is 11.1. The highest BCUT2D eigenvalue weighted by Crippen LogP contribution is 2.27. The second-order valence-electron chi connectivity index (χ2n) is 8.45. The van der Waals surface area contributed by atoms with E-state index in [4.69, 9.17) is 16.0 Å². The van der Waals surface area contributed by atoms with Crippen molar-refractivity contribution in [3.05, 3.63) is 47.2 Å². The van der Waals surface area contributed by atoms with E-state index in [0.29, 0.717) is 12.1 Å². The molecule has 0 unspecified atom stereocenters. The Kier molecular flexibility index (Phi) is 6.93. The predicted molar refractivity (Wildman–Crippen MR) is 117 cm³/mol. The molecule has 1 atom stereocenters. The number of nitrogens with zero attached hydrogens (tertiary/aromatic N) is 3. The van der Waals surface area contributed by atoms with Gasteiger partial charge in [0.1, 0.15) is 11.5 Å². The number of benzene rings is 1. The van der Waals surface area contributed by atoms with Gasteiger partial charge in [-0.2, -0.15) is 0 Å². The average molecular weight is 418 g/mol. The van der Waals surface area contributed by atoms with Crippen molar-refractivity contribution in [3.8, 4) is 11.3 Å². The van der Waals surface area contributed by atoms with Gasteiger partial charge >= 0.3 is 0 Å². The number of aliphatic hydroxyl groups is 1. The molecule has 3 heterocycles. The maximum atomic E-state index is 9.62. The van der Waals surface area contributed by atoms with Crippen LogP contribution in [0.25, 0.3) is 11.3 Å². The molecule has 2 fully saturated rings. The first kappa shape index (κ1) is 20.9. The standard InChI is InChI=1S/C23H32ClN3O2/c1-25-10-7-20(8-11-25)27-13-12-26(16-21(27)9-14-28)17-22-5-6-23(29-22)18-3-2-4-19(24)15-18/h2-6,15,20-21,28H,7-14,16-17H2,1H3/t21-/m1/s1. The molecule has 1 aromatic heterocycles. The van der Waals surface area contributed by atoms with Gasteiger partial charge in [0.05, 0.1) is 6.54 Å². The summed E-state index contributed by atoms with van der Waals surface area (Å²) in [5, 5.41) is 10.3. The van der Waals surface area contributed by atoms with E-state index in [-0.39, 0.29) is 6.61 Å². The lowest BCUT2D eigenvalue weighted by Gasteiger charge is -2.47. The van der Waals surface area contributed by atoms with Crippen LogP contribution in [0.5, 0.6) is 0 Å². The quantitative estimate of drug-likeness (QED) is 0.778. The fourth-order valence-electron chi connectivity index (χ4n) is 4.77. The molecule has 0 radical (unpaired) electrons. The van der Waals surface area contributed by atoms with Gasteiger partial charge in [-0.05, 0) is 63.7 Å². The minimum atomic E-state index is 0.251. The largest absolute Gasteiger partial charge is 0.460 e. The number of halogens is 1. The van der Waals surface area contributed by atoms with E-state index in [1.165, 1.54) is 25.9 Å². The molecule has 0 aliphatic carbocycles. The Morgan fingerprint density at radius 3 is 2.69 bits per heavy atom. The van der Waals surface area contributed by atoms with Crippen LogP contribution in [0.15, 0.2) is 40.8 Å². The van der Waals surface area contributed by atoms with E-state index in [9.17, 15) is 5.11 Å². The first-order valence-electron chi connectivity index (χ1n) is 10.7. The number of piperazine rings is 1. The van der Waals surface area contributed by atoms with Crippen molar-refractivity contribution in [2.45, 2.75) is 37.9 Å². The van der Waals surface area contributed by atoms with Gasteiger partial charge in [0.15, 0.2) is 0 Å². The van der Waals surface area contributed by atoms with Crippen LogP contribution in [0.2, 0.25) is 5.02 Å². The van der Waals surface area contributed by atoms with Crippen molar-refractivity contribution in [2.24, 2.45) is 0 Å². The Labute approximate surface area is 178 Å². The summed E-state index contributed by atoms with van der Waals surface area (Å²) in [6.45, 7) is 6.51. The molecule has 2 aliphatic heterocycles. The molecule has 0 spiro atoms. The molecule has 2 saturated heterocycles. The smallest absolute Gasteiger partial charge is 0.134 e. The first-order chi connectivity index (χ1) is 14.1. The molecule has 1 N–H and O–H groups in total. The van der Waals surface area contributed by atoms with E-state index < -0.39 is 0 Å². The Morgan fingerprint density at radius 1 is 1.10 bits per heavy atom. The third-order valence-electron chi connectivity index (χ3n) is 6.38. The normalized spacial score (nSPS) is 22.9. The van der Waals surface area contributed by atoms with Crippen molar-refractivity contribution in [2.75, 3.05) is 46.4 Å². The van der Waals surface area contributed by atoms with Crippen LogP contribution >= 0.6 is 11.6 Å². The number of hydrogen-bond donors (Lipinski definition) is 1. The Morgan fingerprint density at radius 2 is 1.93 bits per heavy atom. The number of likely N-dealkylation sites (tertiary alicyclic amines) is 1. The summed E-state index contributed by atoms with van der Waals surface area (Å²) in [5.41, 5.74) is 1.01. The summed E-state index contributed by atoms with van der Waals surface area (Å²) in [6.07, 6.45) is 3.31. The molecule has 29 heavy (non-hydrogen) atoms. The van der Waals surface area contributed by atoms with E-state index in [1.807, 2.05) is 30.3 Å². The van der Waals surface area contributed by atoms with E-state index >= 15 is 0 Å². The zero-order valence-electron chi connectivity index (χ0n) is 17.3. The number of furan rings is 1. The van der Waals surface area contributed by atoms with Gasteiger partial charge in [0.2, 0.25) is 0 Å². The topological polar surface area (TPSA) is 43.1 Å². The molecule has 6 heteroatoms. The second-order valence-corrected chi connectivity index (χ2v) is 8.89. The lowest BCUT2D eigenvalue weighted by molar-refractivity contribution is 0.00426. The summed E-state index contributed by atoms with van der Waals surface area (Å²) in [7, 11) is 2.21. The fourth-order valence-corrected chi connectivity index (χ4v) is 4.96. The van der Waals surface area contributed by atoms with E-state index in [2.05, 4.69) is 27.8 Å². The predicted octanol–water partition coefficient (Wildman–Crippen LogP) is 3.56. The Hall–Kier alpha value is -1.37. The van der Waals surface area contributed by atoms with Crippen molar-refractivity contribution in [3.63, 3.8) is 0 Å². The van der Waals surface area contributed by atoms with Gasteiger partial charge in [0.25, 0.3) is 0 Å².